The number of nitrogens with zero attached hydrogens (tertiary/aromatic N) is 4. The molecule has 1 atom stereocenters. The minimum absolute atomic E-state index is 0.190. The highest BCUT2D eigenvalue weighted by Crippen LogP contribution is 2.31. The molecule has 170 valence electrons. The van der Waals surface area contributed by atoms with Gasteiger partial charge in [0.05, 0.1) is 34.7 Å². The molecular formula is C25H22N6O3. The highest BCUT2D eigenvalue weighted by atomic mass is 16.6. The average Bonchev–Trinajstić information content (AvgIpc) is 3.35. The molecule has 1 aliphatic heterocycles. The maximum Gasteiger partial charge on any atom is 0.267 e. The van der Waals surface area contributed by atoms with Crippen LogP contribution in [0.2, 0.25) is 0 Å². The number of pyridine rings is 1. The van der Waals surface area contributed by atoms with Crippen molar-refractivity contribution in [1.82, 2.24) is 24.7 Å². The Balaban J connectivity index is 1.39. The van der Waals surface area contributed by atoms with Crippen molar-refractivity contribution in [2.24, 2.45) is 0 Å². The van der Waals surface area contributed by atoms with Crippen LogP contribution in [0.1, 0.15) is 11.1 Å². The Kier molecular flexibility index (Phi) is 4.68. The van der Waals surface area contributed by atoms with Gasteiger partial charge in [0.15, 0.2) is 17.1 Å². The minimum Gasteiger partial charge on any atom is -0.486 e. The maximum atomic E-state index is 13.4. The molecule has 0 bridgehead atoms. The molecule has 9 heteroatoms. The summed E-state index contributed by atoms with van der Waals surface area (Å²) in [4.78, 5) is 22.6. The first-order chi connectivity index (χ1) is 16.6. The van der Waals surface area contributed by atoms with E-state index in [0.29, 0.717) is 46.8 Å². The fourth-order valence-electron chi connectivity index (χ4n) is 4.15. The lowest BCUT2D eigenvalue weighted by molar-refractivity contribution is 0.0996. The van der Waals surface area contributed by atoms with Gasteiger partial charge in [0.25, 0.3) is 5.56 Å². The Morgan fingerprint density at radius 1 is 1.09 bits per heavy atom. The van der Waals surface area contributed by atoms with E-state index in [1.165, 1.54) is 0 Å². The van der Waals surface area contributed by atoms with Crippen LogP contribution in [-0.2, 0) is 0 Å². The highest BCUT2D eigenvalue weighted by Gasteiger charge is 2.21. The quantitative estimate of drug-likeness (QED) is 0.428. The predicted octanol–water partition coefficient (Wildman–Crippen LogP) is 3.53. The number of aromatic nitrogens is 5. The number of hydrogen-bond acceptors (Lipinski definition) is 7. The first kappa shape index (κ1) is 20.2. The first-order valence-corrected chi connectivity index (χ1v) is 11.0. The monoisotopic (exact) mass is 454 g/mol. The summed E-state index contributed by atoms with van der Waals surface area (Å²) in [6.07, 6.45) is 3.04. The van der Waals surface area contributed by atoms with Crippen LogP contribution in [0.5, 0.6) is 11.5 Å². The summed E-state index contributed by atoms with van der Waals surface area (Å²) in [7, 11) is 0. The molecule has 0 saturated carbocycles. The van der Waals surface area contributed by atoms with Gasteiger partial charge in [-0.25, -0.2) is 4.98 Å². The van der Waals surface area contributed by atoms with E-state index in [9.17, 15) is 4.79 Å². The third kappa shape index (κ3) is 3.33. The molecule has 3 aromatic heterocycles. The molecule has 0 aliphatic carbocycles. The number of nitrogens with one attached hydrogen (secondary N) is 2. The maximum absolute atomic E-state index is 13.4. The lowest BCUT2D eigenvalue weighted by atomic mass is 10.1. The first-order valence-electron chi connectivity index (χ1n) is 11.0. The number of fused-ring (bicyclic) bond motifs is 4. The van der Waals surface area contributed by atoms with E-state index < -0.39 is 0 Å². The normalized spacial score (nSPS) is 15.1. The molecule has 34 heavy (non-hydrogen) atoms. The van der Waals surface area contributed by atoms with Gasteiger partial charge in [-0.2, -0.15) is 10.1 Å². The number of para-hydroxylation sites is 2. The van der Waals surface area contributed by atoms with E-state index in [0.717, 1.165) is 22.6 Å². The van der Waals surface area contributed by atoms with Gasteiger partial charge in [0.2, 0.25) is 5.95 Å². The van der Waals surface area contributed by atoms with Crippen LogP contribution < -0.4 is 20.3 Å². The van der Waals surface area contributed by atoms with E-state index in [4.69, 9.17) is 14.5 Å². The van der Waals surface area contributed by atoms with Gasteiger partial charge in [-0.05, 0) is 49.2 Å². The zero-order valence-electron chi connectivity index (χ0n) is 18.7. The number of aryl methyl sites for hydroxylation is 2. The van der Waals surface area contributed by atoms with Crippen molar-refractivity contribution in [3.63, 3.8) is 0 Å². The van der Waals surface area contributed by atoms with Crippen molar-refractivity contribution in [2.75, 3.05) is 18.5 Å². The van der Waals surface area contributed by atoms with Gasteiger partial charge in [-0.1, -0.05) is 18.2 Å². The Hall–Kier alpha value is -4.40. The number of ether oxygens (including phenoxy) is 2. The number of H-pyrrole nitrogens is 1. The number of rotatable bonds is 4. The molecule has 0 saturated heterocycles. The minimum atomic E-state index is -0.203. The third-order valence-corrected chi connectivity index (χ3v) is 6.13. The molecule has 2 N–H and O–H groups in total. The molecule has 0 fully saturated rings. The van der Waals surface area contributed by atoms with Crippen LogP contribution in [0.25, 0.3) is 27.6 Å². The fraction of sp³-hybridized carbons (Fsp3) is 0.200. The molecule has 9 nitrogen and oxygen atoms in total. The predicted molar refractivity (Wildman–Crippen MR) is 129 cm³/mol. The summed E-state index contributed by atoms with van der Waals surface area (Å²) < 4.78 is 13.4. The van der Waals surface area contributed by atoms with Gasteiger partial charge in [0, 0.05) is 6.20 Å². The summed E-state index contributed by atoms with van der Waals surface area (Å²) in [5.74, 6) is 1.85. The Morgan fingerprint density at radius 2 is 1.94 bits per heavy atom. The van der Waals surface area contributed by atoms with E-state index in [1.54, 1.807) is 17.0 Å². The Morgan fingerprint density at radius 3 is 2.79 bits per heavy atom. The summed E-state index contributed by atoms with van der Waals surface area (Å²) in [5.41, 5.74) is 3.91. The standard InChI is InChI=1S/C25H22N6O3/c1-14-7-8-16(9-15(14)2)31-23-18(22-19(24(31)32)12-28-30-22)11-27-25(29-23)26-10-17-13-33-20-5-3-4-6-21(20)34-17/h3-9,11-12,17H,10,13H2,1-2H3,(H,28,30)(H,26,27,29)/t17-/m0/s1. The number of aromatic amines is 1. The fourth-order valence-corrected chi connectivity index (χ4v) is 4.15. The summed E-state index contributed by atoms with van der Waals surface area (Å²) >= 11 is 0. The summed E-state index contributed by atoms with van der Waals surface area (Å²) in [6.45, 7) is 4.92. The summed E-state index contributed by atoms with van der Waals surface area (Å²) in [6, 6.07) is 13.5. The second-order valence-corrected chi connectivity index (χ2v) is 8.38. The van der Waals surface area contributed by atoms with E-state index in [1.807, 2.05) is 56.3 Å². The zero-order chi connectivity index (χ0) is 23.2. The van der Waals surface area contributed by atoms with Gasteiger partial charge in [-0.15, -0.1) is 0 Å². The smallest absolute Gasteiger partial charge is 0.267 e. The number of anilines is 1. The lowest BCUT2D eigenvalue weighted by Gasteiger charge is -2.26. The zero-order valence-corrected chi connectivity index (χ0v) is 18.7. The molecule has 2 aromatic carbocycles. The Labute approximate surface area is 194 Å². The second kappa shape index (κ2) is 7.87. The molecule has 6 rings (SSSR count). The SMILES string of the molecule is Cc1ccc(-n2c(=O)c3cn[nH]c3c3cnc(NC[C@H]4COc5ccccc5O4)nc32)cc1C. The van der Waals surface area contributed by atoms with Crippen molar-refractivity contribution in [2.45, 2.75) is 20.0 Å². The van der Waals surface area contributed by atoms with Crippen molar-refractivity contribution in [3.05, 3.63) is 76.3 Å². The van der Waals surface area contributed by atoms with Crippen LogP contribution in [0, 0.1) is 13.8 Å². The van der Waals surface area contributed by atoms with E-state index in [-0.39, 0.29) is 11.7 Å². The van der Waals surface area contributed by atoms with Crippen molar-refractivity contribution < 1.29 is 9.47 Å². The van der Waals surface area contributed by atoms with Gasteiger partial charge in [-0.3, -0.25) is 14.5 Å². The van der Waals surface area contributed by atoms with Crippen LogP contribution in [0.15, 0.2) is 59.7 Å². The van der Waals surface area contributed by atoms with Crippen LogP contribution in [0.4, 0.5) is 5.95 Å². The van der Waals surface area contributed by atoms with Crippen LogP contribution in [0.3, 0.4) is 0 Å². The topological polar surface area (TPSA) is 107 Å². The highest BCUT2D eigenvalue weighted by molar-refractivity contribution is 6.02. The largest absolute Gasteiger partial charge is 0.486 e. The van der Waals surface area contributed by atoms with Crippen molar-refractivity contribution >= 4 is 27.9 Å². The van der Waals surface area contributed by atoms with Crippen LogP contribution >= 0.6 is 0 Å². The number of hydrogen-bond donors (Lipinski definition) is 2. The summed E-state index contributed by atoms with van der Waals surface area (Å²) in [5, 5.41) is 11.4. The van der Waals surface area contributed by atoms with Gasteiger partial charge >= 0.3 is 0 Å². The molecule has 0 amide bonds. The second-order valence-electron chi connectivity index (χ2n) is 8.38. The van der Waals surface area contributed by atoms with E-state index in [2.05, 4.69) is 20.5 Å². The van der Waals surface area contributed by atoms with Crippen LogP contribution in [-0.4, -0.2) is 44.0 Å². The molecule has 1 aliphatic rings. The van der Waals surface area contributed by atoms with Gasteiger partial charge < -0.3 is 14.8 Å². The molecule has 0 spiro atoms. The number of benzene rings is 2. The molecule has 0 unspecified atom stereocenters. The van der Waals surface area contributed by atoms with E-state index >= 15 is 0 Å². The van der Waals surface area contributed by atoms with Crippen molar-refractivity contribution in [3.8, 4) is 17.2 Å². The molecule has 5 aromatic rings. The van der Waals surface area contributed by atoms with Gasteiger partial charge in [0.1, 0.15) is 12.7 Å². The molecule has 4 heterocycles. The molecular weight excluding hydrogens is 432 g/mol. The van der Waals surface area contributed by atoms with Crippen molar-refractivity contribution in [1.29, 1.82) is 0 Å². The Bertz CT molecular complexity index is 1610. The molecule has 0 radical (unpaired) electrons. The lowest BCUT2D eigenvalue weighted by Crippen LogP contribution is -2.35. The average molecular weight is 454 g/mol. The third-order valence-electron chi connectivity index (χ3n) is 6.13.